The molecule has 0 saturated carbocycles. The number of amides is 1. The molecule has 0 bridgehead atoms. The zero-order valence-electron chi connectivity index (χ0n) is 18.6. The van der Waals surface area contributed by atoms with E-state index in [0.29, 0.717) is 5.92 Å². The number of likely N-dealkylation sites (tertiary alicyclic amines) is 1. The van der Waals surface area contributed by atoms with Gasteiger partial charge >= 0.3 is 6.09 Å². The summed E-state index contributed by atoms with van der Waals surface area (Å²) in [5.41, 5.74) is 2.04. The monoisotopic (exact) mass is 413 g/mol. The number of ether oxygens (including phenoxy) is 1. The molecule has 3 N–H and O–H groups in total. The molecule has 0 radical (unpaired) electrons. The van der Waals surface area contributed by atoms with Crippen LogP contribution in [-0.2, 0) is 11.2 Å². The average Bonchev–Trinajstić information content (AvgIpc) is 3.13. The van der Waals surface area contributed by atoms with Crippen LogP contribution >= 0.6 is 0 Å². The molecule has 1 amide bonds. The number of aromatic amines is 1. The Bertz CT molecular complexity index is 860. The van der Waals surface area contributed by atoms with Gasteiger partial charge in [-0.15, -0.1) is 0 Å². The van der Waals surface area contributed by atoms with Crippen molar-refractivity contribution in [1.29, 1.82) is 0 Å². The van der Waals surface area contributed by atoms with Crippen LogP contribution in [0.3, 0.4) is 0 Å². The molecule has 7 heteroatoms. The summed E-state index contributed by atoms with van der Waals surface area (Å²) < 4.78 is 5.47. The number of carbonyl (C=O) groups is 1. The van der Waals surface area contributed by atoms with E-state index in [4.69, 9.17) is 4.74 Å². The summed E-state index contributed by atoms with van der Waals surface area (Å²) in [5, 5.41) is 8.12. The third-order valence-corrected chi connectivity index (χ3v) is 5.41. The maximum Gasteiger partial charge on any atom is 0.410 e. The minimum Gasteiger partial charge on any atom is -0.444 e. The van der Waals surface area contributed by atoms with Crippen molar-refractivity contribution < 1.29 is 9.53 Å². The van der Waals surface area contributed by atoms with Crippen LogP contribution in [0.25, 0.3) is 10.9 Å². The van der Waals surface area contributed by atoms with E-state index in [9.17, 15) is 4.79 Å². The van der Waals surface area contributed by atoms with Crippen LogP contribution in [0.1, 0.15) is 39.2 Å². The minimum atomic E-state index is -0.444. The van der Waals surface area contributed by atoms with Gasteiger partial charge in [-0.3, -0.25) is 4.99 Å². The predicted octanol–water partition coefficient (Wildman–Crippen LogP) is 3.52. The van der Waals surface area contributed by atoms with E-state index in [1.807, 2.05) is 31.7 Å². The molecule has 3 rings (SSSR count). The number of hydrogen-bond donors (Lipinski definition) is 3. The first-order valence-corrected chi connectivity index (χ1v) is 10.8. The van der Waals surface area contributed by atoms with Crippen molar-refractivity contribution in [3.8, 4) is 0 Å². The van der Waals surface area contributed by atoms with Crippen molar-refractivity contribution in [2.24, 2.45) is 10.9 Å². The molecule has 1 fully saturated rings. The number of fused-ring (bicyclic) bond motifs is 1. The van der Waals surface area contributed by atoms with Gasteiger partial charge < -0.3 is 25.3 Å². The molecule has 0 atom stereocenters. The fourth-order valence-corrected chi connectivity index (χ4v) is 3.76. The van der Waals surface area contributed by atoms with Gasteiger partial charge in [-0.05, 0) is 57.6 Å². The SMILES string of the molecule is CN=C(NCCc1c[nH]c2ccccc12)NCC1CCN(C(=O)OC(C)(C)C)CC1. The number of H-pyrrole nitrogens is 1. The maximum atomic E-state index is 12.2. The molecular formula is C23H35N5O2. The van der Waals surface area contributed by atoms with E-state index in [1.165, 1.54) is 16.5 Å². The van der Waals surface area contributed by atoms with Crippen LogP contribution in [0.5, 0.6) is 0 Å². The first-order valence-electron chi connectivity index (χ1n) is 10.8. The molecule has 1 aliphatic heterocycles. The molecule has 2 aromatic rings. The van der Waals surface area contributed by atoms with Crippen LogP contribution in [-0.4, -0.2) is 60.8 Å². The van der Waals surface area contributed by atoms with Crippen LogP contribution in [0.15, 0.2) is 35.5 Å². The summed E-state index contributed by atoms with van der Waals surface area (Å²) in [5.74, 6) is 1.35. The quantitative estimate of drug-likeness (QED) is 0.517. The maximum absolute atomic E-state index is 12.2. The van der Waals surface area contributed by atoms with Crippen LogP contribution < -0.4 is 10.6 Å². The second kappa shape index (κ2) is 9.87. The van der Waals surface area contributed by atoms with Gasteiger partial charge in [0, 0.05) is 50.3 Å². The Balaban J connectivity index is 1.37. The van der Waals surface area contributed by atoms with E-state index < -0.39 is 5.60 Å². The summed E-state index contributed by atoms with van der Waals surface area (Å²) in [6.07, 6.45) is 4.75. The lowest BCUT2D eigenvalue weighted by atomic mass is 9.97. The van der Waals surface area contributed by atoms with Gasteiger partial charge in [0.25, 0.3) is 0 Å². The second-order valence-electron chi connectivity index (χ2n) is 8.90. The smallest absolute Gasteiger partial charge is 0.410 e. The lowest BCUT2D eigenvalue weighted by Gasteiger charge is -2.33. The number of hydrogen-bond acceptors (Lipinski definition) is 3. The number of aromatic nitrogens is 1. The van der Waals surface area contributed by atoms with Gasteiger partial charge in [0.05, 0.1) is 0 Å². The fourth-order valence-electron chi connectivity index (χ4n) is 3.76. The Kier molecular flexibility index (Phi) is 7.24. The zero-order chi connectivity index (χ0) is 21.6. The molecule has 164 valence electrons. The number of carbonyl (C=O) groups excluding carboxylic acids is 1. The zero-order valence-corrected chi connectivity index (χ0v) is 18.6. The molecule has 0 aliphatic carbocycles. The molecule has 2 heterocycles. The number of benzene rings is 1. The van der Waals surface area contributed by atoms with Crippen molar-refractivity contribution in [2.75, 3.05) is 33.2 Å². The predicted molar refractivity (Wildman–Crippen MR) is 122 cm³/mol. The lowest BCUT2D eigenvalue weighted by molar-refractivity contribution is 0.0185. The van der Waals surface area contributed by atoms with Crippen molar-refractivity contribution in [1.82, 2.24) is 20.5 Å². The molecule has 1 aliphatic rings. The van der Waals surface area contributed by atoms with Crippen molar-refractivity contribution in [3.05, 3.63) is 36.0 Å². The number of nitrogens with one attached hydrogen (secondary N) is 3. The molecule has 1 aromatic heterocycles. The van der Waals surface area contributed by atoms with E-state index in [0.717, 1.165) is 51.4 Å². The normalized spacial score (nSPS) is 16.0. The van der Waals surface area contributed by atoms with Crippen molar-refractivity contribution >= 4 is 23.0 Å². The van der Waals surface area contributed by atoms with Crippen molar-refractivity contribution in [3.63, 3.8) is 0 Å². The van der Waals surface area contributed by atoms with Gasteiger partial charge in [0.15, 0.2) is 5.96 Å². The third kappa shape index (κ3) is 6.15. The molecule has 7 nitrogen and oxygen atoms in total. The summed E-state index contributed by atoms with van der Waals surface area (Å²) in [6, 6.07) is 8.37. The van der Waals surface area contributed by atoms with Gasteiger partial charge in [0.1, 0.15) is 5.60 Å². The van der Waals surface area contributed by atoms with E-state index >= 15 is 0 Å². The van der Waals surface area contributed by atoms with E-state index in [2.05, 4.69) is 45.0 Å². The first-order chi connectivity index (χ1) is 14.4. The Morgan fingerprint density at radius 2 is 1.97 bits per heavy atom. The summed E-state index contributed by atoms with van der Waals surface area (Å²) >= 11 is 0. The number of piperidine rings is 1. The standard InChI is InChI=1S/C23H35N5O2/c1-23(2,3)30-22(29)28-13-10-17(11-14-28)15-27-21(24-4)25-12-9-18-16-26-20-8-6-5-7-19(18)20/h5-8,16-17,26H,9-15H2,1-4H3,(H2,24,25,27). The van der Waals surface area contributed by atoms with Gasteiger partial charge in [-0.1, -0.05) is 18.2 Å². The third-order valence-electron chi connectivity index (χ3n) is 5.41. The number of rotatable bonds is 5. The lowest BCUT2D eigenvalue weighted by Crippen LogP contribution is -2.45. The minimum absolute atomic E-state index is 0.205. The summed E-state index contributed by atoms with van der Waals surface area (Å²) in [7, 11) is 1.80. The molecule has 30 heavy (non-hydrogen) atoms. The van der Waals surface area contributed by atoms with Crippen LogP contribution in [0.4, 0.5) is 4.79 Å². The highest BCUT2D eigenvalue weighted by atomic mass is 16.6. The number of para-hydroxylation sites is 1. The molecule has 0 spiro atoms. The Hall–Kier alpha value is -2.70. The fraction of sp³-hybridized carbons (Fsp3) is 0.565. The number of nitrogens with zero attached hydrogens (tertiary/aromatic N) is 2. The highest BCUT2D eigenvalue weighted by molar-refractivity contribution is 5.83. The van der Waals surface area contributed by atoms with E-state index in [1.54, 1.807) is 7.05 Å². The van der Waals surface area contributed by atoms with Gasteiger partial charge in [-0.25, -0.2) is 4.79 Å². The number of aliphatic imine (C=N–C) groups is 1. The Morgan fingerprint density at radius 3 is 2.67 bits per heavy atom. The average molecular weight is 414 g/mol. The van der Waals surface area contributed by atoms with Crippen LogP contribution in [0, 0.1) is 5.92 Å². The number of guanidine groups is 1. The molecule has 1 saturated heterocycles. The molecule has 1 aromatic carbocycles. The molecular weight excluding hydrogens is 378 g/mol. The van der Waals surface area contributed by atoms with Crippen LogP contribution in [0.2, 0.25) is 0 Å². The first kappa shape index (κ1) is 22.0. The molecule has 0 unspecified atom stereocenters. The highest BCUT2D eigenvalue weighted by Crippen LogP contribution is 2.19. The highest BCUT2D eigenvalue weighted by Gasteiger charge is 2.26. The summed E-state index contributed by atoms with van der Waals surface area (Å²) in [4.78, 5) is 21.7. The Morgan fingerprint density at radius 1 is 1.23 bits per heavy atom. The topological polar surface area (TPSA) is 81.8 Å². The second-order valence-corrected chi connectivity index (χ2v) is 8.90. The van der Waals surface area contributed by atoms with Gasteiger partial charge in [-0.2, -0.15) is 0 Å². The van der Waals surface area contributed by atoms with E-state index in [-0.39, 0.29) is 6.09 Å². The van der Waals surface area contributed by atoms with Crippen molar-refractivity contribution in [2.45, 2.75) is 45.6 Å². The largest absolute Gasteiger partial charge is 0.444 e. The summed E-state index contributed by atoms with van der Waals surface area (Å²) in [6.45, 7) is 8.87. The Labute approximate surface area is 179 Å². The van der Waals surface area contributed by atoms with Gasteiger partial charge in [0.2, 0.25) is 0 Å².